The van der Waals surface area contributed by atoms with Gasteiger partial charge in [-0.15, -0.1) is 0 Å². The number of fused-ring (bicyclic) bond motifs is 1. The monoisotopic (exact) mass is 374 g/mol. The predicted octanol–water partition coefficient (Wildman–Crippen LogP) is 0.941. The highest BCUT2D eigenvalue weighted by molar-refractivity contribution is 6.29. The van der Waals surface area contributed by atoms with Crippen molar-refractivity contribution in [2.24, 2.45) is 5.73 Å². The maximum Gasteiger partial charge on any atom is 0.202 e. The van der Waals surface area contributed by atoms with Crippen molar-refractivity contribution < 1.29 is 5.11 Å². The third kappa shape index (κ3) is 3.05. The lowest BCUT2D eigenvalue weighted by molar-refractivity contribution is 0.170. The molecule has 1 aliphatic rings. The van der Waals surface area contributed by atoms with Crippen molar-refractivity contribution >= 4 is 34.4 Å². The van der Waals surface area contributed by atoms with Crippen molar-refractivity contribution in [3.8, 4) is 11.3 Å². The smallest absolute Gasteiger partial charge is 0.202 e. The van der Waals surface area contributed by atoms with Crippen LogP contribution in [0.3, 0.4) is 0 Å². The molecule has 136 valence electrons. The Morgan fingerprint density at radius 2 is 2.04 bits per heavy atom. The number of nitrogens with one attached hydrogen (secondary N) is 1. The molecule has 6 N–H and O–H groups in total. The van der Waals surface area contributed by atoms with Gasteiger partial charge < -0.3 is 21.5 Å². The second-order valence-electron chi connectivity index (χ2n) is 6.61. The van der Waals surface area contributed by atoms with E-state index in [2.05, 4.69) is 30.0 Å². The number of halogens is 1. The van der Waals surface area contributed by atoms with Gasteiger partial charge in [-0.05, 0) is 25.0 Å². The normalized spacial score (nSPS) is 17.0. The summed E-state index contributed by atoms with van der Waals surface area (Å²) in [6.07, 6.45) is 3.11. The zero-order chi connectivity index (χ0) is 18.3. The number of aromatic nitrogens is 5. The van der Waals surface area contributed by atoms with E-state index in [9.17, 15) is 5.11 Å². The molecule has 0 spiro atoms. The molecule has 0 radical (unpaired) electrons. The van der Waals surface area contributed by atoms with Gasteiger partial charge in [-0.2, -0.15) is 5.10 Å². The summed E-state index contributed by atoms with van der Waals surface area (Å²) in [5, 5.41) is 16.9. The molecule has 4 heterocycles. The minimum atomic E-state index is -0.506. The van der Waals surface area contributed by atoms with Gasteiger partial charge in [-0.25, -0.2) is 15.0 Å². The first-order valence-corrected chi connectivity index (χ1v) is 8.64. The van der Waals surface area contributed by atoms with Gasteiger partial charge in [-0.3, -0.25) is 5.10 Å². The van der Waals surface area contributed by atoms with E-state index in [4.69, 9.17) is 23.1 Å². The Kier molecular flexibility index (Phi) is 4.14. The third-order valence-electron chi connectivity index (χ3n) is 4.75. The number of nitrogens with two attached hydrogens (primary N) is 2. The molecular formula is C16H19ClN8O. The lowest BCUT2D eigenvalue weighted by Gasteiger charge is -2.38. The molecular weight excluding hydrogens is 356 g/mol. The Morgan fingerprint density at radius 3 is 2.73 bits per heavy atom. The lowest BCUT2D eigenvalue weighted by Crippen LogP contribution is -2.53. The number of anilines is 2. The van der Waals surface area contributed by atoms with Crippen molar-refractivity contribution in [1.29, 1.82) is 0 Å². The fraction of sp³-hybridized carbons (Fsp3) is 0.375. The third-order valence-corrected chi connectivity index (χ3v) is 4.95. The van der Waals surface area contributed by atoms with Gasteiger partial charge in [0.15, 0.2) is 0 Å². The Hall–Kier alpha value is -2.49. The van der Waals surface area contributed by atoms with E-state index in [1.807, 2.05) is 0 Å². The number of nitrogens with zero attached hydrogens (tertiary/aromatic N) is 5. The summed E-state index contributed by atoms with van der Waals surface area (Å²) < 4.78 is 0. The molecule has 1 aliphatic heterocycles. The first-order valence-electron chi connectivity index (χ1n) is 8.27. The molecule has 0 aliphatic carbocycles. The van der Waals surface area contributed by atoms with Crippen LogP contribution in [0.25, 0.3) is 22.4 Å². The number of hydrogen-bond donors (Lipinski definition) is 4. The summed E-state index contributed by atoms with van der Waals surface area (Å²) in [4.78, 5) is 15.2. The lowest BCUT2D eigenvalue weighted by atomic mass is 9.90. The maximum absolute atomic E-state index is 9.39. The Balaban J connectivity index is 1.64. The molecule has 9 nitrogen and oxygen atoms in total. The Labute approximate surface area is 154 Å². The molecule has 0 amide bonds. The number of rotatable bonds is 3. The summed E-state index contributed by atoms with van der Waals surface area (Å²) in [7, 11) is 0. The zero-order valence-corrected chi connectivity index (χ0v) is 14.7. The topological polar surface area (TPSA) is 143 Å². The molecule has 10 heteroatoms. The van der Waals surface area contributed by atoms with Crippen molar-refractivity contribution in [3.63, 3.8) is 0 Å². The number of hydrogen-bond acceptors (Lipinski definition) is 8. The number of pyridine rings is 1. The highest BCUT2D eigenvalue weighted by Gasteiger charge is 2.30. The Morgan fingerprint density at radius 1 is 1.27 bits per heavy atom. The van der Waals surface area contributed by atoms with E-state index in [0.29, 0.717) is 53.8 Å². The van der Waals surface area contributed by atoms with Crippen molar-refractivity contribution in [2.75, 3.05) is 30.3 Å². The van der Waals surface area contributed by atoms with Crippen LogP contribution in [0.15, 0.2) is 18.3 Å². The van der Waals surface area contributed by atoms with Gasteiger partial charge in [0, 0.05) is 24.2 Å². The fourth-order valence-corrected chi connectivity index (χ4v) is 3.36. The number of piperidine rings is 1. The predicted molar refractivity (Wildman–Crippen MR) is 99.8 cm³/mol. The van der Waals surface area contributed by atoms with Crippen LogP contribution in [0, 0.1) is 0 Å². The van der Waals surface area contributed by atoms with Gasteiger partial charge in [0.05, 0.1) is 18.5 Å². The van der Waals surface area contributed by atoms with Gasteiger partial charge in [0.25, 0.3) is 0 Å². The highest BCUT2D eigenvalue weighted by atomic mass is 35.5. The maximum atomic E-state index is 9.39. The molecule has 3 aromatic rings. The van der Waals surface area contributed by atoms with Crippen LogP contribution in [-0.2, 0) is 0 Å². The fourth-order valence-electron chi connectivity index (χ4n) is 3.14. The minimum Gasteiger partial charge on any atom is -0.394 e. The highest BCUT2D eigenvalue weighted by Crippen LogP contribution is 2.29. The molecule has 0 atom stereocenters. The molecule has 26 heavy (non-hydrogen) atoms. The van der Waals surface area contributed by atoms with Crippen LogP contribution in [0.2, 0.25) is 5.15 Å². The van der Waals surface area contributed by atoms with Crippen molar-refractivity contribution in [3.05, 3.63) is 23.5 Å². The van der Waals surface area contributed by atoms with Crippen molar-refractivity contribution in [2.45, 2.75) is 18.4 Å². The minimum absolute atomic E-state index is 0.00803. The van der Waals surface area contributed by atoms with E-state index in [-0.39, 0.29) is 6.61 Å². The van der Waals surface area contributed by atoms with E-state index in [1.54, 1.807) is 18.3 Å². The van der Waals surface area contributed by atoms with E-state index in [1.165, 1.54) is 0 Å². The summed E-state index contributed by atoms with van der Waals surface area (Å²) in [6.45, 7) is 1.42. The van der Waals surface area contributed by atoms with E-state index in [0.717, 1.165) is 11.4 Å². The number of aromatic amines is 1. The Bertz CT molecular complexity index is 930. The van der Waals surface area contributed by atoms with Gasteiger partial charge in [0.1, 0.15) is 22.3 Å². The van der Waals surface area contributed by atoms with Crippen LogP contribution < -0.4 is 16.4 Å². The quantitative estimate of drug-likeness (QED) is 0.496. The second kappa shape index (κ2) is 6.35. The zero-order valence-electron chi connectivity index (χ0n) is 14.0. The molecule has 1 fully saturated rings. The molecule has 0 saturated carbocycles. The number of aliphatic hydroxyl groups excluding tert-OH is 1. The van der Waals surface area contributed by atoms with Gasteiger partial charge >= 0.3 is 0 Å². The van der Waals surface area contributed by atoms with Crippen molar-refractivity contribution in [1.82, 2.24) is 25.1 Å². The van der Waals surface area contributed by atoms with Crippen LogP contribution in [-0.4, -0.2) is 55.5 Å². The van der Waals surface area contributed by atoms with Crippen LogP contribution in [0.1, 0.15) is 12.8 Å². The molecule has 0 bridgehead atoms. The van der Waals surface area contributed by atoms with E-state index >= 15 is 0 Å². The average Bonchev–Trinajstić information content (AvgIpc) is 3.05. The summed E-state index contributed by atoms with van der Waals surface area (Å²) in [6, 6.07) is 3.40. The van der Waals surface area contributed by atoms with Gasteiger partial charge in [0.2, 0.25) is 5.65 Å². The molecule has 0 unspecified atom stereocenters. The molecule has 3 aromatic heterocycles. The van der Waals surface area contributed by atoms with Crippen LogP contribution in [0.4, 0.5) is 11.6 Å². The SMILES string of the molecule is Nc1cc(-c2[nH]nc3nc(N4CCC(N)(CO)CC4)cnc23)cc(Cl)n1. The van der Waals surface area contributed by atoms with Gasteiger partial charge in [-0.1, -0.05) is 11.6 Å². The summed E-state index contributed by atoms with van der Waals surface area (Å²) >= 11 is 5.98. The number of H-pyrrole nitrogens is 1. The largest absolute Gasteiger partial charge is 0.394 e. The number of aliphatic hydroxyl groups is 1. The molecule has 1 saturated heterocycles. The van der Waals surface area contributed by atoms with E-state index < -0.39 is 5.54 Å². The average molecular weight is 375 g/mol. The summed E-state index contributed by atoms with van der Waals surface area (Å²) in [5.74, 6) is 1.06. The standard InChI is InChI=1S/C16H19ClN8O/c17-10-5-9(6-11(18)21-10)13-14-15(24-23-13)22-12(7-20-14)25-3-1-16(19,8-26)2-4-25/h5-7,26H,1-4,8,19H2,(H2,18,21)(H,22,23,24). The summed E-state index contributed by atoms with van der Waals surface area (Å²) in [5.41, 5.74) is 14.0. The molecule has 0 aromatic carbocycles. The first-order chi connectivity index (χ1) is 12.5. The molecule has 4 rings (SSSR count). The second-order valence-corrected chi connectivity index (χ2v) is 7.00. The first kappa shape index (κ1) is 17.0. The van der Waals surface area contributed by atoms with Crippen LogP contribution in [0.5, 0.6) is 0 Å². The van der Waals surface area contributed by atoms with Crippen LogP contribution >= 0.6 is 11.6 Å². The number of nitrogen functional groups attached to an aromatic ring is 1.